The Bertz CT molecular complexity index is 613. The standard InChI is InChI=1S/C13H18N6O/c1-8-14-6-5-9(16-8)7-15-11(20)10-17-12(19-18-10)13(2,3)4/h5-6H,7H2,1-4H3,(H,15,20)(H,17,18,19). The lowest BCUT2D eigenvalue weighted by atomic mass is 9.96. The Balaban J connectivity index is 2.00. The van der Waals surface area contributed by atoms with Crippen molar-refractivity contribution in [1.29, 1.82) is 0 Å². The molecule has 0 radical (unpaired) electrons. The van der Waals surface area contributed by atoms with Gasteiger partial charge in [-0.25, -0.2) is 15.0 Å². The Labute approximate surface area is 117 Å². The number of amides is 1. The highest BCUT2D eigenvalue weighted by atomic mass is 16.2. The Morgan fingerprint density at radius 1 is 1.35 bits per heavy atom. The molecule has 1 amide bonds. The highest BCUT2D eigenvalue weighted by molar-refractivity contribution is 5.90. The number of aromatic amines is 1. The van der Waals surface area contributed by atoms with Crippen molar-refractivity contribution in [3.8, 4) is 0 Å². The van der Waals surface area contributed by atoms with Crippen molar-refractivity contribution in [2.24, 2.45) is 0 Å². The van der Waals surface area contributed by atoms with Crippen molar-refractivity contribution in [2.75, 3.05) is 0 Å². The first-order valence-electron chi connectivity index (χ1n) is 6.36. The summed E-state index contributed by atoms with van der Waals surface area (Å²) >= 11 is 0. The van der Waals surface area contributed by atoms with Crippen LogP contribution in [0.1, 0.15) is 48.7 Å². The summed E-state index contributed by atoms with van der Waals surface area (Å²) in [7, 11) is 0. The van der Waals surface area contributed by atoms with Gasteiger partial charge in [0.1, 0.15) is 11.6 Å². The van der Waals surface area contributed by atoms with Gasteiger partial charge >= 0.3 is 0 Å². The molecule has 0 unspecified atom stereocenters. The van der Waals surface area contributed by atoms with E-state index in [0.717, 1.165) is 5.69 Å². The lowest BCUT2D eigenvalue weighted by Gasteiger charge is -2.12. The molecule has 106 valence electrons. The summed E-state index contributed by atoms with van der Waals surface area (Å²) in [6.45, 7) is 8.12. The van der Waals surface area contributed by atoms with E-state index in [1.165, 1.54) is 0 Å². The van der Waals surface area contributed by atoms with E-state index in [0.29, 0.717) is 18.2 Å². The van der Waals surface area contributed by atoms with E-state index in [1.54, 1.807) is 19.2 Å². The van der Waals surface area contributed by atoms with Gasteiger partial charge in [0.05, 0.1) is 12.2 Å². The fraction of sp³-hybridized carbons (Fsp3) is 0.462. The minimum atomic E-state index is -0.326. The molecule has 7 heteroatoms. The van der Waals surface area contributed by atoms with Crippen molar-refractivity contribution in [3.05, 3.63) is 35.4 Å². The van der Waals surface area contributed by atoms with Crippen LogP contribution in [0, 0.1) is 6.92 Å². The first-order chi connectivity index (χ1) is 9.36. The van der Waals surface area contributed by atoms with Crippen LogP contribution in [0.15, 0.2) is 12.3 Å². The summed E-state index contributed by atoms with van der Waals surface area (Å²) in [5.74, 6) is 1.17. The molecule has 0 fully saturated rings. The average Bonchev–Trinajstić information content (AvgIpc) is 2.85. The molecule has 2 heterocycles. The lowest BCUT2D eigenvalue weighted by molar-refractivity contribution is 0.0940. The molecule has 20 heavy (non-hydrogen) atoms. The Hall–Kier alpha value is -2.31. The van der Waals surface area contributed by atoms with Gasteiger partial charge in [0.15, 0.2) is 0 Å². The molecular weight excluding hydrogens is 256 g/mol. The topological polar surface area (TPSA) is 96.5 Å². The van der Waals surface area contributed by atoms with Crippen LogP contribution in [0.25, 0.3) is 0 Å². The molecule has 2 aromatic rings. The molecule has 2 aromatic heterocycles. The van der Waals surface area contributed by atoms with Crippen molar-refractivity contribution >= 4 is 5.91 Å². The van der Waals surface area contributed by atoms with Gasteiger partial charge in [0, 0.05) is 11.6 Å². The molecule has 0 aromatic carbocycles. The zero-order valence-corrected chi connectivity index (χ0v) is 12.1. The number of aromatic nitrogens is 5. The molecule has 0 bridgehead atoms. The predicted octanol–water partition coefficient (Wildman–Crippen LogP) is 1.13. The number of rotatable bonds is 3. The molecule has 0 aliphatic heterocycles. The third-order valence-electron chi connectivity index (χ3n) is 2.66. The second-order valence-corrected chi connectivity index (χ2v) is 5.54. The molecule has 0 aliphatic carbocycles. The molecule has 0 saturated heterocycles. The van der Waals surface area contributed by atoms with E-state index in [4.69, 9.17) is 0 Å². The minimum Gasteiger partial charge on any atom is -0.344 e. The van der Waals surface area contributed by atoms with E-state index in [2.05, 4.69) is 30.5 Å². The van der Waals surface area contributed by atoms with Crippen LogP contribution in [0.4, 0.5) is 0 Å². The summed E-state index contributed by atoms with van der Waals surface area (Å²) in [6.07, 6.45) is 1.66. The molecule has 2 rings (SSSR count). The van der Waals surface area contributed by atoms with Gasteiger partial charge in [-0.1, -0.05) is 20.8 Å². The smallest absolute Gasteiger partial charge is 0.291 e. The molecule has 0 spiro atoms. The maximum Gasteiger partial charge on any atom is 0.291 e. The lowest BCUT2D eigenvalue weighted by Crippen LogP contribution is -2.25. The maximum absolute atomic E-state index is 11.9. The van der Waals surface area contributed by atoms with Gasteiger partial charge in [-0.15, -0.1) is 5.10 Å². The maximum atomic E-state index is 11.9. The highest BCUT2D eigenvalue weighted by Crippen LogP contribution is 2.17. The van der Waals surface area contributed by atoms with Crippen molar-refractivity contribution < 1.29 is 4.79 Å². The van der Waals surface area contributed by atoms with Gasteiger partial charge in [-0.3, -0.25) is 9.89 Å². The van der Waals surface area contributed by atoms with Gasteiger partial charge < -0.3 is 5.32 Å². The van der Waals surface area contributed by atoms with Crippen LogP contribution >= 0.6 is 0 Å². The Kier molecular flexibility index (Phi) is 3.78. The molecule has 0 saturated carbocycles. The monoisotopic (exact) mass is 274 g/mol. The zero-order chi connectivity index (χ0) is 14.8. The van der Waals surface area contributed by atoms with Crippen molar-refractivity contribution in [2.45, 2.75) is 39.7 Å². The van der Waals surface area contributed by atoms with E-state index >= 15 is 0 Å². The quantitative estimate of drug-likeness (QED) is 0.874. The summed E-state index contributed by atoms with van der Waals surface area (Å²) in [4.78, 5) is 24.4. The second-order valence-electron chi connectivity index (χ2n) is 5.54. The van der Waals surface area contributed by atoms with E-state index in [-0.39, 0.29) is 17.1 Å². The summed E-state index contributed by atoms with van der Waals surface area (Å²) in [6, 6.07) is 1.76. The molecule has 0 atom stereocenters. The van der Waals surface area contributed by atoms with Crippen LogP contribution in [0.3, 0.4) is 0 Å². The third-order valence-corrected chi connectivity index (χ3v) is 2.66. The van der Waals surface area contributed by atoms with Gasteiger partial charge in [-0.05, 0) is 13.0 Å². The summed E-state index contributed by atoms with van der Waals surface area (Å²) in [5.41, 5.74) is 0.576. The number of nitrogens with zero attached hydrogens (tertiary/aromatic N) is 4. The highest BCUT2D eigenvalue weighted by Gasteiger charge is 2.21. The number of carbonyl (C=O) groups is 1. The predicted molar refractivity (Wildman–Crippen MR) is 73.0 cm³/mol. The number of H-pyrrole nitrogens is 1. The van der Waals surface area contributed by atoms with E-state index < -0.39 is 0 Å². The molecular formula is C13H18N6O. The van der Waals surface area contributed by atoms with Gasteiger partial charge in [-0.2, -0.15) is 0 Å². The first kappa shape index (κ1) is 14.1. The largest absolute Gasteiger partial charge is 0.344 e. The van der Waals surface area contributed by atoms with E-state index in [1.807, 2.05) is 20.8 Å². The van der Waals surface area contributed by atoms with Crippen LogP contribution in [-0.4, -0.2) is 31.1 Å². The second kappa shape index (κ2) is 5.36. The third kappa shape index (κ3) is 3.37. The van der Waals surface area contributed by atoms with Crippen molar-refractivity contribution in [3.63, 3.8) is 0 Å². The molecule has 0 aliphatic rings. The van der Waals surface area contributed by atoms with E-state index in [9.17, 15) is 4.79 Å². The fourth-order valence-corrected chi connectivity index (χ4v) is 1.55. The average molecular weight is 274 g/mol. The van der Waals surface area contributed by atoms with Crippen LogP contribution in [0.5, 0.6) is 0 Å². The van der Waals surface area contributed by atoms with Crippen molar-refractivity contribution in [1.82, 2.24) is 30.5 Å². The SMILES string of the molecule is Cc1nccc(CNC(=O)c2n[nH]c(C(C)(C)C)n2)n1. The van der Waals surface area contributed by atoms with Crippen LogP contribution in [0.2, 0.25) is 0 Å². The number of hydrogen-bond donors (Lipinski definition) is 2. The van der Waals surface area contributed by atoms with Crippen LogP contribution < -0.4 is 5.32 Å². The molecule has 7 nitrogen and oxygen atoms in total. The minimum absolute atomic E-state index is 0.140. The van der Waals surface area contributed by atoms with Gasteiger partial charge in [0.2, 0.25) is 5.82 Å². The van der Waals surface area contributed by atoms with Gasteiger partial charge in [0.25, 0.3) is 5.91 Å². The number of nitrogens with one attached hydrogen (secondary N) is 2. The number of carbonyl (C=O) groups excluding carboxylic acids is 1. The zero-order valence-electron chi connectivity index (χ0n) is 12.1. The Morgan fingerprint density at radius 3 is 2.70 bits per heavy atom. The summed E-state index contributed by atoms with van der Waals surface area (Å²) < 4.78 is 0. The summed E-state index contributed by atoms with van der Waals surface area (Å²) in [5, 5.41) is 9.45. The normalized spacial score (nSPS) is 11.4. The number of aryl methyl sites for hydroxylation is 1. The Morgan fingerprint density at radius 2 is 2.10 bits per heavy atom. The van der Waals surface area contributed by atoms with Crippen LogP contribution in [-0.2, 0) is 12.0 Å². The molecule has 2 N–H and O–H groups in total. The fourth-order valence-electron chi connectivity index (χ4n) is 1.55. The first-order valence-corrected chi connectivity index (χ1v) is 6.36. The number of hydrogen-bond acceptors (Lipinski definition) is 5.